The Bertz CT molecular complexity index is 418. The van der Waals surface area contributed by atoms with Gasteiger partial charge in [-0.25, -0.2) is 0 Å². The second kappa shape index (κ2) is 7.24. The summed E-state index contributed by atoms with van der Waals surface area (Å²) in [5, 5.41) is 2.88. The summed E-state index contributed by atoms with van der Waals surface area (Å²) < 4.78 is 0. The third kappa shape index (κ3) is 4.20. The number of nitrogens with two attached hydrogens (primary N) is 1. The first-order chi connectivity index (χ1) is 8.56. The molecule has 0 saturated heterocycles. The maximum absolute atomic E-state index is 11.9. The maximum Gasteiger partial charge on any atom is 0.241 e. The Hall–Kier alpha value is -1.26. The van der Waals surface area contributed by atoms with E-state index in [0.717, 1.165) is 16.3 Å². The van der Waals surface area contributed by atoms with Crippen molar-refractivity contribution in [2.75, 3.05) is 11.1 Å². The summed E-state index contributed by atoms with van der Waals surface area (Å²) in [6.45, 7) is 7.56. The van der Waals surface area contributed by atoms with Gasteiger partial charge in [0, 0.05) is 10.6 Å². The largest absolute Gasteiger partial charge is 0.324 e. The minimum atomic E-state index is -0.484. The van der Waals surface area contributed by atoms with Gasteiger partial charge in [0.25, 0.3) is 0 Å². The van der Waals surface area contributed by atoms with Crippen LogP contribution in [0.1, 0.15) is 13.8 Å². The summed E-state index contributed by atoms with van der Waals surface area (Å²) >= 11 is 1.64. The van der Waals surface area contributed by atoms with E-state index in [0.29, 0.717) is 0 Å². The second-order valence-electron chi connectivity index (χ2n) is 4.35. The standard InChI is InChI=1S/C14H20N2OS/c1-4-9-18-12-8-6-5-7-11(12)16-14(17)13(15)10(2)3/h4-8,10,13H,1,9,15H2,2-3H3,(H,16,17)/t13-/m0/s1. The Kier molecular flexibility index (Phi) is 5.95. The minimum absolute atomic E-state index is 0.123. The molecule has 0 unspecified atom stereocenters. The quantitative estimate of drug-likeness (QED) is 0.613. The molecule has 4 heteroatoms. The number of rotatable bonds is 6. The van der Waals surface area contributed by atoms with Crippen molar-refractivity contribution in [3.63, 3.8) is 0 Å². The average molecular weight is 264 g/mol. The molecule has 1 rings (SSSR count). The number of carbonyl (C=O) groups is 1. The van der Waals surface area contributed by atoms with Crippen LogP contribution in [-0.2, 0) is 4.79 Å². The molecule has 0 aliphatic rings. The number of amides is 1. The van der Waals surface area contributed by atoms with Gasteiger partial charge < -0.3 is 11.1 Å². The summed E-state index contributed by atoms with van der Waals surface area (Å²) in [6.07, 6.45) is 1.84. The van der Waals surface area contributed by atoms with Gasteiger partial charge in [-0.1, -0.05) is 32.1 Å². The number of hydrogen-bond acceptors (Lipinski definition) is 3. The van der Waals surface area contributed by atoms with E-state index in [-0.39, 0.29) is 11.8 Å². The second-order valence-corrected chi connectivity index (χ2v) is 5.42. The zero-order valence-electron chi connectivity index (χ0n) is 10.8. The van der Waals surface area contributed by atoms with E-state index in [1.807, 2.05) is 44.2 Å². The summed E-state index contributed by atoms with van der Waals surface area (Å²) in [5.74, 6) is 0.790. The van der Waals surface area contributed by atoms with E-state index in [4.69, 9.17) is 5.73 Å². The molecule has 3 nitrogen and oxygen atoms in total. The SMILES string of the molecule is C=CCSc1ccccc1NC(=O)[C@@H](N)C(C)C. The molecule has 0 fully saturated rings. The fraction of sp³-hybridized carbons (Fsp3) is 0.357. The van der Waals surface area contributed by atoms with Crippen molar-refractivity contribution in [2.45, 2.75) is 24.8 Å². The first-order valence-electron chi connectivity index (χ1n) is 5.95. The van der Waals surface area contributed by atoms with Crippen LogP contribution in [0, 0.1) is 5.92 Å². The molecule has 1 aromatic rings. The molecule has 0 aliphatic heterocycles. The molecule has 3 N–H and O–H groups in total. The van der Waals surface area contributed by atoms with E-state index < -0.39 is 6.04 Å². The third-order valence-electron chi connectivity index (χ3n) is 2.52. The number of thioether (sulfide) groups is 1. The molecule has 18 heavy (non-hydrogen) atoms. The van der Waals surface area contributed by atoms with E-state index in [1.54, 1.807) is 11.8 Å². The van der Waals surface area contributed by atoms with Gasteiger partial charge in [0.1, 0.15) is 0 Å². The van der Waals surface area contributed by atoms with Crippen LogP contribution in [0.4, 0.5) is 5.69 Å². The van der Waals surface area contributed by atoms with E-state index in [9.17, 15) is 4.79 Å². The predicted octanol–water partition coefficient (Wildman–Crippen LogP) is 2.89. The van der Waals surface area contributed by atoms with Crippen LogP contribution in [0.3, 0.4) is 0 Å². The van der Waals surface area contributed by atoms with E-state index >= 15 is 0 Å². The van der Waals surface area contributed by atoms with Gasteiger partial charge in [-0.15, -0.1) is 18.3 Å². The van der Waals surface area contributed by atoms with Crippen LogP contribution in [0.2, 0.25) is 0 Å². The van der Waals surface area contributed by atoms with Crippen LogP contribution in [0.5, 0.6) is 0 Å². The highest BCUT2D eigenvalue weighted by atomic mass is 32.2. The first kappa shape index (κ1) is 14.8. The highest BCUT2D eigenvalue weighted by Crippen LogP contribution is 2.27. The molecule has 98 valence electrons. The topological polar surface area (TPSA) is 55.1 Å². The number of para-hydroxylation sites is 1. The van der Waals surface area contributed by atoms with Crippen molar-refractivity contribution >= 4 is 23.4 Å². The summed E-state index contributed by atoms with van der Waals surface area (Å²) in [7, 11) is 0. The van der Waals surface area contributed by atoms with Crippen molar-refractivity contribution < 1.29 is 4.79 Å². The molecule has 1 atom stereocenters. The molecule has 0 heterocycles. The predicted molar refractivity (Wildman–Crippen MR) is 78.8 cm³/mol. The number of carbonyl (C=O) groups excluding carboxylic acids is 1. The fourth-order valence-corrected chi connectivity index (χ4v) is 2.11. The maximum atomic E-state index is 11.9. The van der Waals surface area contributed by atoms with Gasteiger partial charge in [-0.3, -0.25) is 4.79 Å². The Morgan fingerprint density at radius 3 is 2.78 bits per heavy atom. The fourth-order valence-electron chi connectivity index (χ4n) is 1.36. The Morgan fingerprint density at radius 1 is 1.50 bits per heavy atom. The van der Waals surface area contributed by atoms with Crippen molar-refractivity contribution in [1.82, 2.24) is 0 Å². The molecule has 1 amide bonds. The van der Waals surface area contributed by atoms with E-state index in [2.05, 4.69) is 11.9 Å². The van der Waals surface area contributed by atoms with Gasteiger partial charge in [-0.2, -0.15) is 0 Å². The average Bonchev–Trinajstić information content (AvgIpc) is 2.36. The zero-order valence-corrected chi connectivity index (χ0v) is 11.7. The molecule has 0 bridgehead atoms. The Labute approximate surface area is 113 Å². The molecule has 1 aromatic carbocycles. The Morgan fingerprint density at radius 2 is 2.17 bits per heavy atom. The smallest absolute Gasteiger partial charge is 0.241 e. The third-order valence-corrected chi connectivity index (χ3v) is 3.59. The van der Waals surface area contributed by atoms with E-state index in [1.165, 1.54) is 0 Å². The molecular weight excluding hydrogens is 244 g/mol. The van der Waals surface area contributed by atoms with Crippen LogP contribution in [-0.4, -0.2) is 17.7 Å². The minimum Gasteiger partial charge on any atom is -0.324 e. The van der Waals surface area contributed by atoms with Crippen LogP contribution in [0.15, 0.2) is 41.8 Å². The van der Waals surface area contributed by atoms with Gasteiger partial charge in [0.15, 0.2) is 0 Å². The number of anilines is 1. The van der Waals surface area contributed by atoms with Crippen LogP contribution < -0.4 is 11.1 Å². The van der Waals surface area contributed by atoms with Crippen molar-refractivity contribution in [3.8, 4) is 0 Å². The highest BCUT2D eigenvalue weighted by molar-refractivity contribution is 7.99. The van der Waals surface area contributed by atoms with Crippen molar-refractivity contribution in [1.29, 1.82) is 0 Å². The van der Waals surface area contributed by atoms with Crippen molar-refractivity contribution in [3.05, 3.63) is 36.9 Å². The van der Waals surface area contributed by atoms with Gasteiger partial charge >= 0.3 is 0 Å². The molecule has 0 aromatic heterocycles. The molecule has 0 radical (unpaired) electrons. The lowest BCUT2D eigenvalue weighted by molar-refractivity contribution is -0.118. The summed E-state index contributed by atoms with van der Waals surface area (Å²) in [4.78, 5) is 12.9. The monoisotopic (exact) mass is 264 g/mol. The zero-order chi connectivity index (χ0) is 13.5. The lowest BCUT2D eigenvalue weighted by Crippen LogP contribution is -2.39. The molecular formula is C14H20N2OS. The number of nitrogens with one attached hydrogen (secondary N) is 1. The molecule has 0 spiro atoms. The van der Waals surface area contributed by atoms with Crippen LogP contribution >= 0.6 is 11.8 Å². The van der Waals surface area contributed by atoms with Gasteiger partial charge in [0.2, 0.25) is 5.91 Å². The Balaban J connectivity index is 2.77. The summed E-state index contributed by atoms with van der Waals surface area (Å²) in [6, 6.07) is 7.22. The molecule has 0 aliphatic carbocycles. The number of benzene rings is 1. The first-order valence-corrected chi connectivity index (χ1v) is 6.94. The lowest BCUT2D eigenvalue weighted by atomic mass is 10.1. The van der Waals surface area contributed by atoms with Crippen LogP contribution in [0.25, 0.3) is 0 Å². The van der Waals surface area contributed by atoms with Gasteiger partial charge in [0.05, 0.1) is 11.7 Å². The summed E-state index contributed by atoms with van der Waals surface area (Å²) in [5.41, 5.74) is 6.63. The van der Waals surface area contributed by atoms with Crippen molar-refractivity contribution in [2.24, 2.45) is 11.7 Å². The van der Waals surface area contributed by atoms with Gasteiger partial charge in [-0.05, 0) is 18.1 Å². The highest BCUT2D eigenvalue weighted by Gasteiger charge is 2.18. The normalized spacial score (nSPS) is 12.2. The lowest BCUT2D eigenvalue weighted by Gasteiger charge is -2.16. The number of hydrogen-bond donors (Lipinski definition) is 2. The molecule has 0 saturated carbocycles.